The number of urea groups is 1. The van der Waals surface area contributed by atoms with Gasteiger partial charge < -0.3 is 25.6 Å². The highest BCUT2D eigenvalue weighted by atomic mass is 19.4. The number of hydrogen-bond acceptors (Lipinski definition) is 4. The van der Waals surface area contributed by atoms with E-state index in [1.54, 1.807) is 41.4 Å². The molecule has 3 aromatic rings. The highest BCUT2D eigenvalue weighted by Crippen LogP contribution is 2.34. The first-order valence-electron chi connectivity index (χ1n) is 11.4. The van der Waals surface area contributed by atoms with E-state index in [0.717, 1.165) is 17.2 Å². The summed E-state index contributed by atoms with van der Waals surface area (Å²) in [5.41, 5.74) is 0.944. The summed E-state index contributed by atoms with van der Waals surface area (Å²) >= 11 is 0. The van der Waals surface area contributed by atoms with Gasteiger partial charge in [-0.2, -0.15) is 13.2 Å². The minimum absolute atomic E-state index is 0.0103. The van der Waals surface area contributed by atoms with E-state index < -0.39 is 23.9 Å². The molecule has 1 saturated heterocycles. The molecule has 2 aromatic carbocycles. The molecule has 9 nitrogen and oxygen atoms in total. The molecule has 1 aliphatic heterocycles. The number of aromatic amines is 1. The highest BCUT2D eigenvalue weighted by molar-refractivity contribution is 6.00. The van der Waals surface area contributed by atoms with Crippen molar-refractivity contribution in [3.63, 3.8) is 0 Å². The van der Waals surface area contributed by atoms with Gasteiger partial charge >= 0.3 is 18.3 Å². The minimum Gasteiger partial charge on any atom is -0.465 e. The number of pyridine rings is 1. The van der Waals surface area contributed by atoms with Crippen molar-refractivity contribution < 1.29 is 27.9 Å². The number of aromatic nitrogens is 1. The van der Waals surface area contributed by atoms with E-state index in [2.05, 4.69) is 15.6 Å². The highest BCUT2D eigenvalue weighted by Gasteiger charge is 2.34. The maximum atomic E-state index is 13.8. The number of hydrogen-bond donors (Lipinski definition) is 4. The predicted molar refractivity (Wildman–Crippen MR) is 131 cm³/mol. The van der Waals surface area contributed by atoms with Gasteiger partial charge in [0.25, 0.3) is 0 Å². The van der Waals surface area contributed by atoms with Crippen molar-refractivity contribution in [2.24, 2.45) is 0 Å². The number of nitrogens with zero attached hydrogens (tertiary/aromatic N) is 2. The molecule has 12 heteroatoms. The van der Waals surface area contributed by atoms with Crippen LogP contribution in [0, 0.1) is 0 Å². The van der Waals surface area contributed by atoms with Crippen molar-refractivity contribution in [2.75, 3.05) is 36.8 Å². The van der Waals surface area contributed by atoms with Crippen molar-refractivity contribution in [2.45, 2.75) is 12.7 Å². The van der Waals surface area contributed by atoms with Crippen LogP contribution in [0.1, 0.15) is 11.1 Å². The lowest BCUT2D eigenvalue weighted by atomic mass is 10.0. The van der Waals surface area contributed by atoms with Crippen molar-refractivity contribution in [1.29, 1.82) is 0 Å². The zero-order chi connectivity index (χ0) is 26.6. The van der Waals surface area contributed by atoms with Crippen LogP contribution in [0.5, 0.6) is 0 Å². The molecular formula is C25H24F3N5O4. The first-order chi connectivity index (χ1) is 17.6. The van der Waals surface area contributed by atoms with E-state index in [9.17, 15) is 27.6 Å². The number of carbonyl (C=O) groups is 2. The summed E-state index contributed by atoms with van der Waals surface area (Å²) in [6.07, 6.45) is -4.12. The molecule has 1 aromatic heterocycles. The molecule has 0 unspecified atom stereocenters. The number of piperazine rings is 1. The SMILES string of the molecule is O=C(Nc1ccc(-c2ccc(=O)[nH]c2)cc1)Nc1ccc(CN2CCN(C(=O)O)CC2)c(C(F)(F)F)c1. The topological polar surface area (TPSA) is 118 Å². The second-order valence-electron chi connectivity index (χ2n) is 8.51. The Balaban J connectivity index is 1.40. The van der Waals surface area contributed by atoms with Gasteiger partial charge in [-0.05, 0) is 47.0 Å². The number of amides is 3. The fourth-order valence-corrected chi connectivity index (χ4v) is 4.02. The monoisotopic (exact) mass is 515 g/mol. The first kappa shape index (κ1) is 25.8. The third-order valence-corrected chi connectivity index (χ3v) is 5.97. The van der Waals surface area contributed by atoms with Gasteiger partial charge in [0, 0.05) is 56.4 Å². The Bertz CT molecular complexity index is 1310. The van der Waals surface area contributed by atoms with Gasteiger partial charge in [-0.15, -0.1) is 0 Å². The Kier molecular flexibility index (Phi) is 7.48. The van der Waals surface area contributed by atoms with Crippen molar-refractivity contribution >= 4 is 23.5 Å². The van der Waals surface area contributed by atoms with Crippen LogP contribution >= 0.6 is 0 Å². The molecule has 37 heavy (non-hydrogen) atoms. The standard InChI is InChI=1S/C25H24F3N5O4/c26-25(27,28)21-13-20(7-3-18(21)15-32-9-11-33(12-10-32)24(36)37)31-23(35)30-19-5-1-16(2-6-19)17-4-8-22(34)29-14-17/h1-8,13-14H,9-12,15H2,(H,29,34)(H,36,37)(H2,30,31,35). The van der Waals surface area contributed by atoms with Crippen LogP contribution in [-0.4, -0.2) is 58.2 Å². The van der Waals surface area contributed by atoms with Crippen LogP contribution < -0.4 is 16.2 Å². The molecule has 0 atom stereocenters. The van der Waals surface area contributed by atoms with E-state index in [-0.39, 0.29) is 36.4 Å². The molecule has 194 valence electrons. The number of benzene rings is 2. The molecule has 2 heterocycles. The van der Waals surface area contributed by atoms with Gasteiger partial charge in [-0.25, -0.2) is 9.59 Å². The normalized spacial score (nSPS) is 14.3. The van der Waals surface area contributed by atoms with Gasteiger partial charge in [0.15, 0.2) is 0 Å². The molecule has 1 fully saturated rings. The minimum atomic E-state index is -4.63. The number of halogens is 3. The average molecular weight is 515 g/mol. The van der Waals surface area contributed by atoms with Crippen molar-refractivity contribution in [1.82, 2.24) is 14.8 Å². The molecular weight excluding hydrogens is 491 g/mol. The summed E-state index contributed by atoms with van der Waals surface area (Å²) in [5, 5.41) is 14.0. The third-order valence-electron chi connectivity index (χ3n) is 5.97. The Morgan fingerprint density at radius 1 is 0.892 bits per heavy atom. The lowest BCUT2D eigenvalue weighted by Crippen LogP contribution is -2.47. The zero-order valence-corrected chi connectivity index (χ0v) is 19.5. The number of alkyl halides is 3. The summed E-state index contributed by atoms with van der Waals surface area (Å²) in [6.45, 7) is 1.11. The summed E-state index contributed by atoms with van der Waals surface area (Å²) < 4.78 is 41.3. The van der Waals surface area contributed by atoms with E-state index in [1.807, 2.05) is 0 Å². The predicted octanol–water partition coefficient (Wildman–Crippen LogP) is 4.50. The van der Waals surface area contributed by atoms with Gasteiger partial charge in [0.05, 0.1) is 5.56 Å². The average Bonchev–Trinajstić information content (AvgIpc) is 2.85. The number of H-pyrrole nitrogens is 1. The lowest BCUT2D eigenvalue weighted by molar-refractivity contribution is -0.138. The van der Waals surface area contributed by atoms with Gasteiger partial charge in [-0.1, -0.05) is 18.2 Å². The van der Waals surface area contributed by atoms with E-state index in [4.69, 9.17) is 5.11 Å². The molecule has 1 aliphatic rings. The summed E-state index contributed by atoms with van der Waals surface area (Å²) in [7, 11) is 0. The van der Waals surface area contributed by atoms with Crippen LogP contribution in [0.3, 0.4) is 0 Å². The third kappa shape index (κ3) is 6.67. The Hall–Kier alpha value is -4.32. The molecule has 0 saturated carbocycles. The smallest absolute Gasteiger partial charge is 0.416 e. The number of anilines is 2. The summed E-state index contributed by atoms with van der Waals surface area (Å²) in [5.74, 6) is 0. The largest absolute Gasteiger partial charge is 0.465 e. The number of carbonyl (C=O) groups excluding carboxylic acids is 1. The number of carboxylic acid groups (broad SMARTS) is 1. The van der Waals surface area contributed by atoms with Gasteiger partial charge in [0.1, 0.15) is 0 Å². The lowest BCUT2D eigenvalue weighted by Gasteiger charge is -2.33. The second-order valence-corrected chi connectivity index (χ2v) is 8.51. The van der Waals surface area contributed by atoms with Crippen LogP contribution in [0.2, 0.25) is 0 Å². The Morgan fingerprint density at radius 3 is 2.11 bits per heavy atom. The second kappa shape index (κ2) is 10.7. The van der Waals surface area contributed by atoms with Gasteiger partial charge in [-0.3, -0.25) is 9.69 Å². The van der Waals surface area contributed by atoms with Crippen LogP contribution in [-0.2, 0) is 12.7 Å². The van der Waals surface area contributed by atoms with Crippen molar-refractivity contribution in [3.8, 4) is 11.1 Å². The summed E-state index contributed by atoms with van der Waals surface area (Å²) in [6, 6.07) is 12.7. The van der Waals surface area contributed by atoms with E-state index >= 15 is 0 Å². The van der Waals surface area contributed by atoms with Crippen LogP contribution in [0.4, 0.5) is 34.1 Å². The Labute approximate surface area is 209 Å². The first-order valence-corrected chi connectivity index (χ1v) is 11.4. The van der Waals surface area contributed by atoms with Crippen LogP contribution in [0.15, 0.2) is 65.6 Å². The number of nitrogens with one attached hydrogen (secondary N) is 3. The quantitative estimate of drug-likeness (QED) is 0.399. The van der Waals surface area contributed by atoms with E-state index in [0.29, 0.717) is 18.8 Å². The molecule has 0 spiro atoms. The van der Waals surface area contributed by atoms with Crippen molar-refractivity contribution in [3.05, 3.63) is 82.3 Å². The summed E-state index contributed by atoms with van der Waals surface area (Å²) in [4.78, 5) is 40.2. The Morgan fingerprint density at radius 2 is 1.51 bits per heavy atom. The molecule has 0 radical (unpaired) electrons. The maximum Gasteiger partial charge on any atom is 0.416 e. The van der Waals surface area contributed by atoms with E-state index in [1.165, 1.54) is 23.1 Å². The molecule has 4 rings (SSSR count). The fourth-order valence-electron chi connectivity index (χ4n) is 4.02. The zero-order valence-electron chi connectivity index (χ0n) is 19.5. The van der Waals surface area contributed by atoms with Crippen LogP contribution in [0.25, 0.3) is 11.1 Å². The maximum absolute atomic E-state index is 13.8. The molecule has 0 aliphatic carbocycles. The fraction of sp³-hybridized carbons (Fsp3) is 0.240. The molecule has 0 bridgehead atoms. The molecule has 3 amide bonds. The van der Waals surface area contributed by atoms with Gasteiger partial charge in [0.2, 0.25) is 5.56 Å². The number of rotatable bonds is 5. The molecule has 4 N–H and O–H groups in total.